The van der Waals surface area contributed by atoms with E-state index in [-0.39, 0.29) is 18.7 Å². The fourth-order valence-corrected chi connectivity index (χ4v) is 3.49. The standard InChI is InChI=1S/C20H19FN4O4S/c1-12-15-7-6-14(28-19-23-8-9-27-19)10-17(15)29-20(26)25(12)11-13-4-3-5-16(18(13)21)24-30-22-2/h3-10,12,22,24H,11H2,1-2H3. The predicted molar refractivity (Wildman–Crippen MR) is 110 cm³/mol. The zero-order valence-corrected chi connectivity index (χ0v) is 17.0. The summed E-state index contributed by atoms with van der Waals surface area (Å²) in [5, 5.41) is 0. The summed E-state index contributed by atoms with van der Waals surface area (Å²) < 4.78 is 36.5. The molecule has 4 rings (SSSR count). The lowest BCUT2D eigenvalue weighted by Crippen LogP contribution is -2.39. The largest absolute Gasteiger partial charge is 0.417 e. The number of nitrogens with one attached hydrogen (secondary N) is 2. The maximum absolute atomic E-state index is 14.8. The molecular formula is C20H19FN4O4S. The molecule has 2 N–H and O–H groups in total. The summed E-state index contributed by atoms with van der Waals surface area (Å²) in [5.41, 5.74) is 1.50. The lowest BCUT2D eigenvalue weighted by molar-refractivity contribution is 0.116. The molecule has 156 valence electrons. The van der Waals surface area contributed by atoms with Crippen LogP contribution in [-0.4, -0.2) is 23.0 Å². The monoisotopic (exact) mass is 430 g/mol. The molecule has 3 aromatic rings. The number of nitrogens with zero attached hydrogens (tertiary/aromatic N) is 2. The number of oxazole rings is 1. The number of carbonyl (C=O) groups is 1. The number of hydrogen-bond donors (Lipinski definition) is 2. The maximum Gasteiger partial charge on any atom is 0.416 e. The number of amides is 1. The second-order valence-corrected chi connectivity index (χ2v) is 7.27. The van der Waals surface area contributed by atoms with E-state index in [4.69, 9.17) is 13.9 Å². The Bertz CT molecular complexity index is 1050. The number of hydrogen-bond acceptors (Lipinski definition) is 8. The quantitative estimate of drug-likeness (QED) is 0.513. The SMILES string of the molecule is CNSNc1cccc(CN2C(=O)Oc3cc(Oc4ncco4)ccc3C2C)c1F. The Morgan fingerprint density at radius 2 is 2.20 bits per heavy atom. The number of benzene rings is 2. The molecule has 1 aliphatic heterocycles. The van der Waals surface area contributed by atoms with Crippen molar-refractivity contribution in [2.24, 2.45) is 0 Å². The zero-order valence-electron chi connectivity index (χ0n) is 16.2. The minimum absolute atomic E-state index is 0.0690. The van der Waals surface area contributed by atoms with Crippen molar-refractivity contribution in [2.45, 2.75) is 19.5 Å². The van der Waals surface area contributed by atoms with Gasteiger partial charge in [-0.15, -0.1) is 0 Å². The first-order valence-corrected chi connectivity index (χ1v) is 9.94. The summed E-state index contributed by atoms with van der Waals surface area (Å²) in [7, 11) is 1.73. The molecule has 0 bridgehead atoms. The summed E-state index contributed by atoms with van der Waals surface area (Å²) in [4.78, 5) is 18.0. The Morgan fingerprint density at radius 3 is 2.97 bits per heavy atom. The molecule has 1 unspecified atom stereocenters. The molecule has 1 atom stereocenters. The average molecular weight is 430 g/mol. The van der Waals surface area contributed by atoms with Crippen molar-refractivity contribution in [3.8, 4) is 17.6 Å². The second-order valence-electron chi connectivity index (χ2n) is 6.46. The molecule has 2 heterocycles. The molecule has 0 fully saturated rings. The van der Waals surface area contributed by atoms with Crippen LogP contribution in [0.15, 0.2) is 53.3 Å². The van der Waals surface area contributed by atoms with Gasteiger partial charge in [0.15, 0.2) is 5.82 Å². The third kappa shape index (κ3) is 4.05. The van der Waals surface area contributed by atoms with Gasteiger partial charge in [-0.2, -0.15) is 4.98 Å². The minimum Gasteiger partial charge on any atom is -0.417 e. The topological polar surface area (TPSA) is 88.9 Å². The highest BCUT2D eigenvalue weighted by molar-refractivity contribution is 7.98. The molecule has 1 aromatic heterocycles. The average Bonchev–Trinajstić information content (AvgIpc) is 3.24. The summed E-state index contributed by atoms with van der Waals surface area (Å²) in [6.45, 7) is 1.93. The van der Waals surface area contributed by atoms with Crippen LogP contribution < -0.4 is 18.9 Å². The third-order valence-electron chi connectivity index (χ3n) is 4.63. The normalized spacial score (nSPS) is 15.5. The van der Waals surface area contributed by atoms with E-state index in [1.165, 1.54) is 17.4 Å². The van der Waals surface area contributed by atoms with Crippen LogP contribution in [0.1, 0.15) is 24.1 Å². The van der Waals surface area contributed by atoms with Crippen LogP contribution in [0.4, 0.5) is 14.9 Å². The van der Waals surface area contributed by atoms with E-state index in [1.807, 2.05) is 6.92 Å². The second kappa shape index (κ2) is 8.64. The molecule has 1 aliphatic rings. The van der Waals surface area contributed by atoms with E-state index >= 15 is 0 Å². The van der Waals surface area contributed by atoms with Gasteiger partial charge in [-0.25, -0.2) is 13.9 Å². The zero-order chi connectivity index (χ0) is 21.1. The van der Waals surface area contributed by atoms with Crippen LogP contribution in [0.5, 0.6) is 17.6 Å². The van der Waals surface area contributed by atoms with Gasteiger partial charge in [-0.3, -0.25) is 4.90 Å². The molecule has 2 aromatic carbocycles. The van der Waals surface area contributed by atoms with Crippen LogP contribution in [0.25, 0.3) is 0 Å². The van der Waals surface area contributed by atoms with Crippen molar-refractivity contribution < 1.29 is 23.1 Å². The highest BCUT2D eigenvalue weighted by Crippen LogP contribution is 2.39. The van der Waals surface area contributed by atoms with Crippen molar-refractivity contribution in [3.05, 3.63) is 65.8 Å². The van der Waals surface area contributed by atoms with Crippen LogP contribution >= 0.6 is 12.1 Å². The smallest absolute Gasteiger partial charge is 0.416 e. The predicted octanol–water partition coefficient (Wildman–Crippen LogP) is 4.88. The number of aromatic nitrogens is 1. The molecule has 10 heteroatoms. The Kier molecular flexibility index (Phi) is 5.77. The van der Waals surface area contributed by atoms with E-state index in [0.717, 1.165) is 17.7 Å². The van der Waals surface area contributed by atoms with Crippen LogP contribution in [0.3, 0.4) is 0 Å². The van der Waals surface area contributed by atoms with Gasteiger partial charge in [0.25, 0.3) is 0 Å². The Labute approximate surface area is 176 Å². The van der Waals surface area contributed by atoms with Gasteiger partial charge in [0.1, 0.15) is 17.8 Å². The molecule has 0 saturated heterocycles. The van der Waals surface area contributed by atoms with Crippen molar-refractivity contribution in [2.75, 3.05) is 11.8 Å². The molecule has 0 saturated carbocycles. The molecule has 0 spiro atoms. The number of halogens is 1. The number of ether oxygens (including phenoxy) is 2. The lowest BCUT2D eigenvalue weighted by atomic mass is 10.0. The molecule has 0 radical (unpaired) electrons. The van der Waals surface area contributed by atoms with Crippen molar-refractivity contribution in [1.29, 1.82) is 0 Å². The maximum atomic E-state index is 14.8. The molecular weight excluding hydrogens is 411 g/mol. The van der Waals surface area contributed by atoms with E-state index in [0.29, 0.717) is 22.7 Å². The molecule has 1 amide bonds. The number of fused-ring (bicyclic) bond motifs is 1. The number of carbonyl (C=O) groups excluding carboxylic acids is 1. The van der Waals surface area contributed by atoms with Gasteiger partial charge < -0.3 is 18.6 Å². The summed E-state index contributed by atoms with van der Waals surface area (Å²) in [6.07, 6.45) is 2.39. The van der Waals surface area contributed by atoms with E-state index < -0.39 is 11.9 Å². The van der Waals surface area contributed by atoms with E-state index in [9.17, 15) is 9.18 Å². The van der Waals surface area contributed by atoms with E-state index in [1.54, 1.807) is 43.4 Å². The first kappa shape index (κ1) is 20.0. The van der Waals surface area contributed by atoms with Crippen LogP contribution in [0, 0.1) is 5.82 Å². The van der Waals surface area contributed by atoms with Crippen LogP contribution in [0.2, 0.25) is 0 Å². The fraction of sp³-hybridized carbons (Fsp3) is 0.200. The summed E-state index contributed by atoms with van der Waals surface area (Å²) in [5.74, 6) is 0.395. The van der Waals surface area contributed by atoms with Gasteiger partial charge >= 0.3 is 12.2 Å². The highest BCUT2D eigenvalue weighted by Gasteiger charge is 2.32. The number of anilines is 1. The van der Waals surface area contributed by atoms with Gasteiger partial charge in [0.2, 0.25) is 0 Å². The lowest BCUT2D eigenvalue weighted by Gasteiger charge is -2.34. The van der Waals surface area contributed by atoms with Gasteiger partial charge in [-0.1, -0.05) is 12.1 Å². The van der Waals surface area contributed by atoms with Gasteiger partial charge in [0, 0.05) is 29.3 Å². The first-order valence-electron chi connectivity index (χ1n) is 9.12. The van der Waals surface area contributed by atoms with Crippen molar-refractivity contribution >= 4 is 23.9 Å². The Balaban J connectivity index is 1.54. The minimum atomic E-state index is -0.564. The van der Waals surface area contributed by atoms with Crippen molar-refractivity contribution in [1.82, 2.24) is 14.6 Å². The molecule has 0 aliphatic carbocycles. The summed E-state index contributed by atoms with van der Waals surface area (Å²) >= 11 is 1.16. The van der Waals surface area contributed by atoms with E-state index in [2.05, 4.69) is 14.4 Å². The first-order chi connectivity index (χ1) is 14.6. The van der Waals surface area contributed by atoms with Crippen molar-refractivity contribution in [3.63, 3.8) is 0 Å². The summed E-state index contributed by atoms with van der Waals surface area (Å²) in [6, 6.07) is 9.83. The van der Waals surface area contributed by atoms with Crippen LogP contribution in [-0.2, 0) is 6.54 Å². The highest BCUT2D eigenvalue weighted by atomic mass is 32.2. The van der Waals surface area contributed by atoms with Gasteiger partial charge in [-0.05, 0) is 32.2 Å². The van der Waals surface area contributed by atoms with Gasteiger partial charge in [0.05, 0.1) is 24.5 Å². The molecule has 8 nitrogen and oxygen atoms in total. The third-order valence-corrected chi connectivity index (χ3v) is 5.16. The molecule has 30 heavy (non-hydrogen) atoms. The number of rotatable bonds is 7. The Morgan fingerprint density at radius 1 is 1.33 bits per heavy atom. The Hall–Kier alpha value is -3.24. The fourth-order valence-electron chi connectivity index (χ4n) is 3.12.